The van der Waals surface area contributed by atoms with Crippen LogP contribution in [0.2, 0.25) is 0 Å². The molecular weight excluding hydrogens is 224 g/mol. The summed E-state index contributed by atoms with van der Waals surface area (Å²) in [6.07, 6.45) is 4.52. The van der Waals surface area contributed by atoms with E-state index in [4.69, 9.17) is 0 Å². The fourth-order valence-corrected chi connectivity index (χ4v) is 2.73. The lowest BCUT2D eigenvalue weighted by atomic mass is 10.2. The predicted molar refractivity (Wildman–Crippen MR) is 77.3 cm³/mol. The molecule has 0 radical (unpaired) electrons. The van der Waals surface area contributed by atoms with Crippen LogP contribution in [0.3, 0.4) is 0 Å². The topological polar surface area (TPSA) is 31.4 Å². The molecule has 1 unspecified atom stereocenters. The first kappa shape index (κ1) is 13.1. The van der Waals surface area contributed by atoms with Crippen LogP contribution >= 0.6 is 0 Å². The Morgan fingerprint density at radius 3 is 3.11 bits per heavy atom. The molecule has 1 aromatic rings. The van der Waals surface area contributed by atoms with Crippen LogP contribution in [0.4, 0.5) is 11.5 Å². The molecule has 0 amide bonds. The number of nitrogens with one attached hydrogen (secondary N) is 1. The third-order valence-corrected chi connectivity index (χ3v) is 3.83. The molecule has 2 heterocycles. The number of pyridine rings is 1. The van der Waals surface area contributed by atoms with Gasteiger partial charge < -0.3 is 10.2 Å². The van der Waals surface area contributed by atoms with Crippen molar-refractivity contribution in [2.45, 2.75) is 25.8 Å². The fraction of sp³-hybridized carbons (Fsp3) is 0.643. The van der Waals surface area contributed by atoms with Crippen molar-refractivity contribution in [3.63, 3.8) is 0 Å². The molecule has 100 valence electrons. The van der Waals surface area contributed by atoms with E-state index in [9.17, 15) is 0 Å². The van der Waals surface area contributed by atoms with Crippen LogP contribution in [0.25, 0.3) is 0 Å². The lowest BCUT2D eigenvalue weighted by Crippen LogP contribution is -2.38. The highest BCUT2D eigenvalue weighted by atomic mass is 15.2. The van der Waals surface area contributed by atoms with Crippen molar-refractivity contribution < 1.29 is 0 Å². The average molecular weight is 248 g/mol. The second-order valence-electron chi connectivity index (χ2n) is 4.95. The Bertz CT molecular complexity index is 380. The second kappa shape index (κ2) is 6.05. The molecule has 0 bridgehead atoms. The molecule has 4 heteroatoms. The molecule has 1 aliphatic rings. The molecule has 1 atom stereocenters. The summed E-state index contributed by atoms with van der Waals surface area (Å²) in [6.45, 7) is 5.77. The molecule has 1 aromatic heterocycles. The number of aromatic nitrogens is 1. The van der Waals surface area contributed by atoms with Crippen molar-refractivity contribution in [1.82, 2.24) is 9.88 Å². The summed E-state index contributed by atoms with van der Waals surface area (Å²) in [5, 5.41) is 3.09. The Balaban J connectivity index is 2.00. The van der Waals surface area contributed by atoms with Gasteiger partial charge >= 0.3 is 0 Å². The van der Waals surface area contributed by atoms with Crippen molar-refractivity contribution in [2.75, 3.05) is 43.9 Å². The minimum Gasteiger partial charge on any atom is -0.373 e. The zero-order valence-electron chi connectivity index (χ0n) is 11.7. The smallest absolute Gasteiger partial charge is 0.127 e. The summed E-state index contributed by atoms with van der Waals surface area (Å²) >= 11 is 0. The van der Waals surface area contributed by atoms with Gasteiger partial charge in [-0.05, 0) is 32.0 Å². The van der Waals surface area contributed by atoms with Gasteiger partial charge in [0.2, 0.25) is 0 Å². The van der Waals surface area contributed by atoms with Crippen molar-refractivity contribution in [2.24, 2.45) is 0 Å². The normalized spacial score (nSPS) is 20.1. The Kier molecular flexibility index (Phi) is 4.42. The number of hydrogen-bond acceptors (Lipinski definition) is 4. The van der Waals surface area contributed by atoms with Gasteiger partial charge in [-0.1, -0.05) is 6.92 Å². The standard InChI is InChI=1S/C14H24N4/c1-4-18-9-5-6-13(18)11-17(3)12-7-8-16-14(10-12)15-2/h7-8,10,13H,4-6,9,11H2,1-3H3,(H,15,16). The van der Waals surface area contributed by atoms with Gasteiger partial charge in [-0.25, -0.2) is 4.98 Å². The van der Waals surface area contributed by atoms with E-state index in [0.29, 0.717) is 6.04 Å². The number of likely N-dealkylation sites (tertiary alicyclic amines) is 1. The molecule has 0 aliphatic carbocycles. The molecule has 1 saturated heterocycles. The maximum atomic E-state index is 4.26. The lowest BCUT2D eigenvalue weighted by molar-refractivity contribution is 0.270. The first-order valence-corrected chi connectivity index (χ1v) is 6.83. The fourth-order valence-electron chi connectivity index (χ4n) is 2.73. The molecule has 1 aliphatic heterocycles. The Labute approximate surface area is 110 Å². The summed E-state index contributed by atoms with van der Waals surface area (Å²) in [6, 6.07) is 4.88. The van der Waals surface area contributed by atoms with Crippen LogP contribution in [0.15, 0.2) is 18.3 Å². The summed E-state index contributed by atoms with van der Waals surface area (Å²) in [5.74, 6) is 0.929. The number of hydrogen-bond donors (Lipinski definition) is 1. The van der Waals surface area contributed by atoms with E-state index in [1.54, 1.807) is 0 Å². The molecule has 0 spiro atoms. The molecular formula is C14H24N4. The van der Waals surface area contributed by atoms with Crippen LogP contribution < -0.4 is 10.2 Å². The minimum absolute atomic E-state index is 0.700. The van der Waals surface area contributed by atoms with E-state index in [1.165, 1.54) is 25.1 Å². The summed E-state index contributed by atoms with van der Waals surface area (Å²) in [7, 11) is 4.07. The van der Waals surface area contributed by atoms with E-state index < -0.39 is 0 Å². The third-order valence-electron chi connectivity index (χ3n) is 3.83. The molecule has 4 nitrogen and oxygen atoms in total. The summed E-state index contributed by atoms with van der Waals surface area (Å²) in [5.41, 5.74) is 1.23. The second-order valence-corrected chi connectivity index (χ2v) is 4.95. The minimum atomic E-state index is 0.700. The Morgan fingerprint density at radius 2 is 2.39 bits per heavy atom. The lowest BCUT2D eigenvalue weighted by Gasteiger charge is -2.29. The van der Waals surface area contributed by atoms with Crippen LogP contribution in [0, 0.1) is 0 Å². The highest BCUT2D eigenvalue weighted by Crippen LogP contribution is 2.21. The van der Waals surface area contributed by atoms with Crippen molar-refractivity contribution >= 4 is 11.5 Å². The highest BCUT2D eigenvalue weighted by molar-refractivity contribution is 5.53. The first-order chi connectivity index (χ1) is 8.74. The SMILES string of the molecule is CCN1CCCC1CN(C)c1ccnc(NC)c1. The van der Waals surface area contributed by atoms with E-state index in [2.05, 4.69) is 46.2 Å². The van der Waals surface area contributed by atoms with Crippen LogP contribution in [0.1, 0.15) is 19.8 Å². The van der Waals surface area contributed by atoms with E-state index >= 15 is 0 Å². The van der Waals surface area contributed by atoms with E-state index in [-0.39, 0.29) is 0 Å². The Hall–Kier alpha value is -1.29. The van der Waals surface area contributed by atoms with Gasteiger partial charge in [0.15, 0.2) is 0 Å². The van der Waals surface area contributed by atoms with E-state index in [1.807, 2.05) is 13.2 Å². The monoisotopic (exact) mass is 248 g/mol. The average Bonchev–Trinajstić information content (AvgIpc) is 2.86. The maximum absolute atomic E-state index is 4.26. The number of nitrogens with zero attached hydrogens (tertiary/aromatic N) is 3. The molecule has 1 N–H and O–H groups in total. The van der Waals surface area contributed by atoms with Gasteiger partial charge in [0.1, 0.15) is 5.82 Å². The molecule has 0 aromatic carbocycles. The van der Waals surface area contributed by atoms with Gasteiger partial charge in [-0.15, -0.1) is 0 Å². The highest BCUT2D eigenvalue weighted by Gasteiger charge is 2.24. The number of likely N-dealkylation sites (N-methyl/N-ethyl adjacent to an activating group) is 2. The molecule has 1 fully saturated rings. The number of anilines is 2. The van der Waals surface area contributed by atoms with Gasteiger partial charge in [0, 0.05) is 44.6 Å². The zero-order valence-corrected chi connectivity index (χ0v) is 11.7. The van der Waals surface area contributed by atoms with Crippen LogP contribution in [0.5, 0.6) is 0 Å². The summed E-state index contributed by atoms with van der Waals surface area (Å²) in [4.78, 5) is 9.17. The van der Waals surface area contributed by atoms with Gasteiger partial charge in [-0.3, -0.25) is 4.90 Å². The zero-order chi connectivity index (χ0) is 13.0. The van der Waals surface area contributed by atoms with Crippen LogP contribution in [-0.4, -0.2) is 49.7 Å². The predicted octanol–water partition coefficient (Wildman–Crippen LogP) is 2.04. The largest absolute Gasteiger partial charge is 0.373 e. The van der Waals surface area contributed by atoms with Crippen molar-refractivity contribution in [3.8, 4) is 0 Å². The van der Waals surface area contributed by atoms with Gasteiger partial charge in [0.25, 0.3) is 0 Å². The molecule has 18 heavy (non-hydrogen) atoms. The quantitative estimate of drug-likeness (QED) is 0.864. The summed E-state index contributed by atoms with van der Waals surface area (Å²) < 4.78 is 0. The molecule has 0 saturated carbocycles. The Morgan fingerprint density at radius 1 is 1.56 bits per heavy atom. The van der Waals surface area contributed by atoms with Gasteiger partial charge in [-0.2, -0.15) is 0 Å². The van der Waals surface area contributed by atoms with E-state index in [0.717, 1.165) is 18.9 Å². The maximum Gasteiger partial charge on any atom is 0.127 e. The first-order valence-electron chi connectivity index (χ1n) is 6.83. The van der Waals surface area contributed by atoms with Gasteiger partial charge in [0.05, 0.1) is 0 Å². The van der Waals surface area contributed by atoms with Crippen LogP contribution in [-0.2, 0) is 0 Å². The third kappa shape index (κ3) is 2.93. The van der Waals surface area contributed by atoms with Crippen molar-refractivity contribution in [3.05, 3.63) is 18.3 Å². The van der Waals surface area contributed by atoms with Crippen molar-refractivity contribution in [1.29, 1.82) is 0 Å². The number of rotatable bonds is 5. The molecule has 2 rings (SSSR count).